The summed E-state index contributed by atoms with van der Waals surface area (Å²) in [5.74, 6) is -3.39. The van der Waals surface area contributed by atoms with Gasteiger partial charge in [0.2, 0.25) is 11.8 Å². The molecule has 0 saturated carbocycles. The molecule has 0 spiro atoms. The number of nitrogens with two attached hydrogens (primary N) is 1. The number of ether oxygens (including phenoxy) is 1. The lowest BCUT2D eigenvalue weighted by molar-refractivity contribution is -0.153. The molecule has 3 amide bonds. The summed E-state index contributed by atoms with van der Waals surface area (Å²) >= 11 is 0. The van der Waals surface area contributed by atoms with E-state index in [1.165, 1.54) is 19.9 Å². The third-order valence-corrected chi connectivity index (χ3v) is 9.23. The Kier molecular flexibility index (Phi) is 14.0. The molecule has 6 N–H and O–H groups in total. The highest BCUT2D eigenvalue weighted by Gasteiger charge is 2.39. The average molecular weight is 713 g/mol. The molecule has 0 aliphatic carbocycles. The van der Waals surface area contributed by atoms with E-state index in [4.69, 9.17) is 10.5 Å². The fourth-order valence-electron chi connectivity index (χ4n) is 5.07. The second-order valence-corrected chi connectivity index (χ2v) is 15.0. The number of fused-ring (bicyclic) bond motifs is 1. The first-order chi connectivity index (χ1) is 23.4. The number of aliphatic hydroxyl groups excluding tert-OH is 1. The highest BCUT2D eigenvalue weighted by atomic mass is 32.2. The lowest BCUT2D eigenvalue weighted by Crippen LogP contribution is -2.59. The molecule has 3 atom stereocenters. The third-order valence-electron chi connectivity index (χ3n) is 7.49. The maximum atomic E-state index is 13.7. The highest BCUT2D eigenvalue weighted by Crippen LogP contribution is 2.17. The number of primary amides is 1. The Bertz CT molecular complexity index is 1750. The minimum absolute atomic E-state index is 0.00840. The van der Waals surface area contributed by atoms with Crippen LogP contribution in [0.15, 0.2) is 66.7 Å². The number of rotatable bonds is 18. The van der Waals surface area contributed by atoms with Gasteiger partial charge in [0.1, 0.15) is 17.3 Å². The molecule has 2 aromatic carbocycles. The smallest absolute Gasteiger partial charge is 0.327 e. The summed E-state index contributed by atoms with van der Waals surface area (Å²) < 4.78 is 36.0. The quantitative estimate of drug-likeness (QED) is 0.122. The monoisotopic (exact) mass is 712 g/mol. The van der Waals surface area contributed by atoms with Crippen molar-refractivity contribution < 1.29 is 37.4 Å². The van der Waals surface area contributed by atoms with Gasteiger partial charge in [-0.2, -0.15) is 17.4 Å². The molecular weight excluding hydrogens is 664 g/mol. The second-order valence-electron chi connectivity index (χ2n) is 13.4. The number of carbonyl (C=O) groups excluding carboxylic acids is 4. The van der Waals surface area contributed by atoms with Crippen molar-refractivity contribution in [3.05, 3.63) is 78.0 Å². The number of nitrogens with zero attached hydrogens (tertiary/aromatic N) is 2. The van der Waals surface area contributed by atoms with Gasteiger partial charge in [0.05, 0.1) is 30.2 Å². The maximum Gasteiger partial charge on any atom is 0.327 e. The topological polar surface area (TPSA) is 210 Å². The van der Waals surface area contributed by atoms with Gasteiger partial charge in [0.15, 0.2) is 0 Å². The molecule has 272 valence electrons. The molecule has 0 bridgehead atoms. The van der Waals surface area contributed by atoms with Crippen LogP contribution in [0.4, 0.5) is 0 Å². The lowest BCUT2D eigenvalue weighted by Gasteiger charge is -2.33. The fraction of sp³-hybridized carbons (Fsp3) is 0.457. The van der Waals surface area contributed by atoms with Crippen molar-refractivity contribution in [3.8, 4) is 0 Å². The van der Waals surface area contributed by atoms with Crippen molar-refractivity contribution >= 4 is 44.8 Å². The summed E-state index contributed by atoms with van der Waals surface area (Å²) in [6.45, 7) is 9.10. The Morgan fingerprint density at radius 1 is 0.920 bits per heavy atom. The summed E-state index contributed by atoms with van der Waals surface area (Å²) in [7, 11) is -4.40. The van der Waals surface area contributed by atoms with E-state index in [9.17, 15) is 32.7 Å². The van der Waals surface area contributed by atoms with Crippen LogP contribution in [0.5, 0.6) is 0 Å². The van der Waals surface area contributed by atoms with Crippen LogP contribution in [0.25, 0.3) is 10.9 Å². The normalized spacial score (nSPS) is 14.0. The summed E-state index contributed by atoms with van der Waals surface area (Å²) in [6.07, 6.45) is -2.47. The van der Waals surface area contributed by atoms with Crippen LogP contribution < -0.4 is 21.1 Å². The van der Waals surface area contributed by atoms with Gasteiger partial charge in [0.25, 0.3) is 16.1 Å². The van der Waals surface area contributed by atoms with Crippen LogP contribution in [0.1, 0.15) is 64.0 Å². The molecule has 3 rings (SSSR count). The first-order valence-electron chi connectivity index (χ1n) is 16.4. The van der Waals surface area contributed by atoms with Crippen molar-refractivity contribution in [2.24, 2.45) is 11.7 Å². The lowest BCUT2D eigenvalue weighted by atomic mass is 10.00. The van der Waals surface area contributed by atoms with Gasteiger partial charge in [-0.1, -0.05) is 68.4 Å². The number of aliphatic hydroxyl groups is 1. The van der Waals surface area contributed by atoms with Crippen LogP contribution in [0.3, 0.4) is 0 Å². The average Bonchev–Trinajstić information content (AvgIpc) is 3.02. The van der Waals surface area contributed by atoms with Crippen LogP contribution in [-0.4, -0.2) is 89.4 Å². The molecule has 1 aromatic heterocycles. The zero-order valence-electron chi connectivity index (χ0n) is 29.3. The zero-order chi connectivity index (χ0) is 37.2. The Hall–Kier alpha value is -4.44. The molecule has 3 aromatic rings. The van der Waals surface area contributed by atoms with Gasteiger partial charge in [-0.3, -0.25) is 19.2 Å². The molecule has 50 heavy (non-hydrogen) atoms. The molecular formula is C35H48N6O8S. The Balaban J connectivity index is 1.88. The molecule has 0 aliphatic heterocycles. The van der Waals surface area contributed by atoms with Gasteiger partial charge in [-0.15, -0.1) is 0 Å². The number of benzene rings is 2. The van der Waals surface area contributed by atoms with Crippen LogP contribution >= 0.6 is 0 Å². The number of carbonyl (C=O) groups is 4. The number of hydrogen-bond donors (Lipinski definition) is 5. The number of aromatic nitrogens is 1. The molecule has 0 aliphatic rings. The van der Waals surface area contributed by atoms with E-state index in [-0.39, 0.29) is 24.6 Å². The Morgan fingerprint density at radius 3 is 2.18 bits per heavy atom. The van der Waals surface area contributed by atoms with Crippen molar-refractivity contribution in [3.63, 3.8) is 0 Å². The predicted molar refractivity (Wildman–Crippen MR) is 189 cm³/mol. The van der Waals surface area contributed by atoms with E-state index >= 15 is 0 Å². The number of nitrogens with one attached hydrogen (secondary N) is 3. The molecule has 15 heteroatoms. The first kappa shape index (κ1) is 40.0. The number of pyridine rings is 1. The minimum atomic E-state index is -4.40. The first-order valence-corrected chi connectivity index (χ1v) is 17.8. The van der Waals surface area contributed by atoms with E-state index in [0.717, 1.165) is 9.69 Å². The van der Waals surface area contributed by atoms with E-state index in [1.54, 1.807) is 76.2 Å². The van der Waals surface area contributed by atoms with E-state index in [1.807, 2.05) is 12.1 Å². The molecule has 1 heterocycles. The predicted octanol–water partition coefficient (Wildman–Crippen LogP) is 1.82. The summed E-state index contributed by atoms with van der Waals surface area (Å²) in [4.78, 5) is 56.0. The van der Waals surface area contributed by atoms with E-state index in [0.29, 0.717) is 11.1 Å². The van der Waals surface area contributed by atoms with Crippen LogP contribution in [-0.2, 0) is 35.8 Å². The van der Waals surface area contributed by atoms with Crippen molar-refractivity contribution in [2.75, 3.05) is 13.1 Å². The Labute approximate surface area is 293 Å². The van der Waals surface area contributed by atoms with Crippen molar-refractivity contribution in [2.45, 2.75) is 84.2 Å². The minimum Gasteiger partial charge on any atom is -0.462 e. The largest absolute Gasteiger partial charge is 0.462 e. The maximum absolute atomic E-state index is 13.7. The second kappa shape index (κ2) is 17.5. The van der Waals surface area contributed by atoms with Gasteiger partial charge in [-0.05, 0) is 57.7 Å². The zero-order valence-corrected chi connectivity index (χ0v) is 30.1. The molecule has 0 radical (unpaired) electrons. The molecule has 0 fully saturated rings. The number of esters is 1. The fourth-order valence-corrected chi connectivity index (χ4v) is 6.77. The van der Waals surface area contributed by atoms with Crippen LogP contribution in [0.2, 0.25) is 0 Å². The van der Waals surface area contributed by atoms with Crippen LogP contribution in [0, 0.1) is 5.92 Å². The summed E-state index contributed by atoms with van der Waals surface area (Å²) in [5, 5.41) is 17.6. The highest BCUT2D eigenvalue weighted by molar-refractivity contribution is 7.87. The van der Waals surface area contributed by atoms with Gasteiger partial charge < -0.3 is 26.2 Å². The SMILES string of the molecule is CC(C)CN(C[C@@H](O)[C@H](Cc1ccccc1)NC(=O)[C@H](CC(N)=O)NC(=O)c1ccc2ccccc2n1)S(=O)(=O)NC(C)(C)C(=O)OC(C)C. The van der Waals surface area contributed by atoms with Gasteiger partial charge in [-0.25, -0.2) is 4.98 Å². The van der Waals surface area contributed by atoms with Gasteiger partial charge in [0, 0.05) is 18.5 Å². The molecule has 14 nitrogen and oxygen atoms in total. The standard InChI is InChI=1S/C35H48N6O8S/c1-22(2)20-41(50(47,48)40-35(5,6)34(46)49-23(3)4)21-30(42)28(18-24-12-8-7-9-13-24)38-33(45)29(19-31(36)43)39-32(44)27-17-16-25-14-10-11-15-26(25)37-27/h7-17,22-23,28-30,40,42H,18-21H2,1-6H3,(H2,36,43)(H,38,45)(H,39,44)/t28-,29-,30+/m0/s1. The molecule has 0 saturated heterocycles. The van der Waals surface area contributed by atoms with E-state index < -0.39 is 76.7 Å². The summed E-state index contributed by atoms with van der Waals surface area (Å²) in [6, 6.07) is 16.7. The van der Waals surface area contributed by atoms with E-state index in [2.05, 4.69) is 20.3 Å². The molecule has 0 unspecified atom stereocenters. The Morgan fingerprint density at radius 2 is 1.56 bits per heavy atom. The third kappa shape index (κ3) is 11.9. The summed E-state index contributed by atoms with van der Waals surface area (Å²) in [5.41, 5.74) is 5.08. The van der Waals surface area contributed by atoms with Crippen molar-refractivity contribution in [1.82, 2.24) is 24.6 Å². The number of para-hydroxylation sites is 1. The number of hydrogen-bond acceptors (Lipinski definition) is 9. The van der Waals surface area contributed by atoms with Gasteiger partial charge >= 0.3 is 5.97 Å². The van der Waals surface area contributed by atoms with Crippen molar-refractivity contribution in [1.29, 1.82) is 0 Å². The number of amides is 3.